The lowest BCUT2D eigenvalue weighted by Gasteiger charge is -2.26. The number of rotatable bonds is 6. The van der Waals surface area contributed by atoms with E-state index in [0.717, 1.165) is 83.2 Å². The Balaban J connectivity index is 0.947. The van der Waals surface area contributed by atoms with Crippen molar-refractivity contribution in [2.45, 2.75) is 0 Å². The highest BCUT2D eigenvalue weighted by atomic mass is 32.1. The second kappa shape index (κ2) is 13.1. The summed E-state index contributed by atoms with van der Waals surface area (Å²) >= 11 is 1.86. The minimum Gasteiger partial charge on any atom is -0.456 e. The molecule has 0 saturated carbocycles. The summed E-state index contributed by atoms with van der Waals surface area (Å²) < 4.78 is 15.5. The van der Waals surface area contributed by atoms with Gasteiger partial charge in [0, 0.05) is 70.4 Å². The fraction of sp³-hybridized carbons (Fsp3) is 0. The zero-order valence-electron chi connectivity index (χ0n) is 31.2. The van der Waals surface area contributed by atoms with Gasteiger partial charge in [0.2, 0.25) is 0 Å². The van der Waals surface area contributed by atoms with E-state index in [-0.39, 0.29) is 0 Å². The molecule has 0 radical (unpaired) electrons. The molecule has 12 aromatic rings. The van der Waals surface area contributed by atoms with Crippen LogP contribution in [0.5, 0.6) is 0 Å². The van der Waals surface area contributed by atoms with Crippen LogP contribution in [-0.4, -0.2) is 0 Å². The van der Waals surface area contributed by atoms with Gasteiger partial charge in [0.25, 0.3) is 0 Å². The molecular weight excluding hydrogens is 727 g/mol. The second-order valence-electron chi connectivity index (χ2n) is 14.8. The first kappa shape index (κ1) is 32.8. The first-order valence-electron chi connectivity index (χ1n) is 19.6. The largest absolute Gasteiger partial charge is 0.456 e. The lowest BCUT2D eigenvalue weighted by atomic mass is 10.00. The van der Waals surface area contributed by atoms with Gasteiger partial charge in [0.15, 0.2) is 0 Å². The van der Waals surface area contributed by atoms with Gasteiger partial charge in [-0.3, -0.25) is 0 Å². The normalized spacial score (nSPS) is 11.8. The molecule has 9 aromatic carbocycles. The molecule has 3 aromatic heterocycles. The van der Waals surface area contributed by atoms with E-state index in [4.69, 9.17) is 8.83 Å². The maximum atomic E-state index is 6.48. The smallest absolute Gasteiger partial charge is 0.143 e. The molecule has 0 saturated heterocycles. The quantitative estimate of drug-likeness (QED) is 0.169. The Kier molecular flexibility index (Phi) is 7.40. The summed E-state index contributed by atoms with van der Waals surface area (Å²) in [6, 6.07) is 71.4. The van der Waals surface area contributed by atoms with Crippen molar-refractivity contribution < 1.29 is 8.83 Å². The topological polar surface area (TPSA) is 29.5 Å². The van der Waals surface area contributed by atoms with E-state index in [1.165, 1.54) is 31.3 Å². The highest BCUT2D eigenvalue weighted by molar-refractivity contribution is 7.26. The number of hydrogen-bond donors (Lipinski definition) is 0. The lowest BCUT2D eigenvalue weighted by Crippen LogP contribution is -2.09. The van der Waals surface area contributed by atoms with Gasteiger partial charge in [-0.25, -0.2) is 0 Å². The van der Waals surface area contributed by atoms with E-state index in [1.807, 2.05) is 29.5 Å². The summed E-state index contributed by atoms with van der Waals surface area (Å²) in [5, 5.41) is 7.08. The zero-order valence-corrected chi connectivity index (χ0v) is 32.0. The highest BCUT2D eigenvalue weighted by Gasteiger charge is 2.18. The molecule has 0 unspecified atom stereocenters. The van der Waals surface area contributed by atoms with Crippen LogP contribution in [0.4, 0.5) is 17.1 Å². The zero-order chi connectivity index (χ0) is 38.2. The minimum atomic E-state index is 0.865. The summed E-state index contributed by atoms with van der Waals surface area (Å²) in [4.78, 5) is 2.32. The summed E-state index contributed by atoms with van der Waals surface area (Å²) in [6.07, 6.45) is 0. The first-order chi connectivity index (χ1) is 28.7. The van der Waals surface area contributed by atoms with Crippen LogP contribution in [0.2, 0.25) is 0 Å². The molecule has 0 aliphatic heterocycles. The van der Waals surface area contributed by atoms with Gasteiger partial charge in [0.1, 0.15) is 22.3 Å². The van der Waals surface area contributed by atoms with E-state index in [1.54, 1.807) is 0 Å². The van der Waals surface area contributed by atoms with Gasteiger partial charge < -0.3 is 13.7 Å². The minimum absolute atomic E-state index is 0.865. The Bertz CT molecular complexity index is 3500. The van der Waals surface area contributed by atoms with E-state index >= 15 is 0 Å². The molecule has 0 fully saturated rings. The van der Waals surface area contributed by atoms with Crippen LogP contribution in [0.15, 0.2) is 209 Å². The van der Waals surface area contributed by atoms with Crippen molar-refractivity contribution in [1.82, 2.24) is 0 Å². The molecule has 0 spiro atoms. The van der Waals surface area contributed by atoms with Crippen molar-refractivity contribution >= 4 is 92.4 Å². The fourth-order valence-electron chi connectivity index (χ4n) is 8.69. The molecule has 3 nitrogen and oxygen atoms in total. The predicted octanol–water partition coefficient (Wildman–Crippen LogP) is 16.3. The number of thiophene rings is 1. The maximum absolute atomic E-state index is 6.48. The standard InChI is InChI=1S/C54H33NO2S/c1-2-10-35(11-3-1)41-14-8-16-46-48-32-37(24-31-50(48)57-53(41)46)34-20-25-38(26-21-34)55(40-29-30-44-43-12-4-6-18-49(43)56-51(44)33-40)39-27-22-36(23-28-39)42-15-9-17-47-45-13-5-7-19-52(45)58-54(42)47/h1-33H. The van der Waals surface area contributed by atoms with Crippen molar-refractivity contribution in [2.24, 2.45) is 0 Å². The van der Waals surface area contributed by atoms with Gasteiger partial charge in [-0.2, -0.15) is 0 Å². The monoisotopic (exact) mass is 759 g/mol. The number of furan rings is 2. The van der Waals surface area contributed by atoms with Crippen molar-refractivity contribution in [2.75, 3.05) is 4.90 Å². The number of fused-ring (bicyclic) bond motifs is 9. The van der Waals surface area contributed by atoms with E-state index < -0.39 is 0 Å². The van der Waals surface area contributed by atoms with Gasteiger partial charge in [-0.05, 0) is 88.5 Å². The van der Waals surface area contributed by atoms with Crippen LogP contribution in [0, 0.1) is 0 Å². The van der Waals surface area contributed by atoms with Crippen LogP contribution in [0.1, 0.15) is 0 Å². The van der Waals surface area contributed by atoms with E-state index in [0.29, 0.717) is 0 Å². The van der Waals surface area contributed by atoms with Crippen molar-refractivity contribution in [3.05, 3.63) is 200 Å². The third kappa shape index (κ3) is 5.27. The van der Waals surface area contributed by atoms with Gasteiger partial charge >= 0.3 is 0 Å². The van der Waals surface area contributed by atoms with Crippen LogP contribution in [0.25, 0.3) is 97.4 Å². The average Bonchev–Trinajstić information content (AvgIpc) is 3.98. The second-order valence-corrected chi connectivity index (χ2v) is 15.9. The molecule has 0 atom stereocenters. The molecule has 0 amide bonds. The Labute approximate surface area is 338 Å². The highest BCUT2D eigenvalue weighted by Crippen LogP contribution is 2.43. The van der Waals surface area contributed by atoms with Crippen LogP contribution in [0.3, 0.4) is 0 Å². The molecule has 0 aliphatic rings. The average molecular weight is 760 g/mol. The maximum Gasteiger partial charge on any atom is 0.143 e. The Morgan fingerprint density at radius 3 is 1.76 bits per heavy atom. The molecule has 4 heteroatoms. The van der Waals surface area contributed by atoms with Crippen LogP contribution < -0.4 is 4.90 Å². The summed E-state index contributed by atoms with van der Waals surface area (Å²) in [5.41, 5.74) is 13.7. The van der Waals surface area contributed by atoms with Gasteiger partial charge in [-0.1, -0.05) is 133 Å². The number of nitrogens with zero attached hydrogens (tertiary/aromatic N) is 1. The molecule has 12 rings (SSSR count). The van der Waals surface area contributed by atoms with Crippen molar-refractivity contribution in [1.29, 1.82) is 0 Å². The number of para-hydroxylation sites is 2. The Morgan fingerprint density at radius 2 is 0.931 bits per heavy atom. The third-order valence-corrected chi connectivity index (χ3v) is 12.7. The van der Waals surface area contributed by atoms with E-state index in [9.17, 15) is 0 Å². The summed E-state index contributed by atoms with van der Waals surface area (Å²) in [7, 11) is 0. The molecule has 0 aliphatic carbocycles. The summed E-state index contributed by atoms with van der Waals surface area (Å²) in [6.45, 7) is 0. The van der Waals surface area contributed by atoms with Crippen LogP contribution in [-0.2, 0) is 0 Å². The molecule has 272 valence electrons. The lowest BCUT2D eigenvalue weighted by molar-refractivity contribution is 0.669. The molecule has 58 heavy (non-hydrogen) atoms. The van der Waals surface area contributed by atoms with Crippen molar-refractivity contribution in [3.8, 4) is 33.4 Å². The third-order valence-electron chi connectivity index (χ3n) is 11.5. The predicted molar refractivity (Wildman–Crippen MR) is 245 cm³/mol. The van der Waals surface area contributed by atoms with Crippen molar-refractivity contribution in [3.63, 3.8) is 0 Å². The molecule has 0 N–H and O–H groups in total. The van der Waals surface area contributed by atoms with E-state index in [2.05, 4.69) is 187 Å². The van der Waals surface area contributed by atoms with Gasteiger partial charge in [0.05, 0.1) is 0 Å². The molecular formula is C54H33NO2S. The molecule has 0 bridgehead atoms. The Morgan fingerprint density at radius 1 is 0.328 bits per heavy atom. The number of benzene rings is 9. The van der Waals surface area contributed by atoms with Gasteiger partial charge in [-0.15, -0.1) is 11.3 Å². The molecule has 3 heterocycles. The number of anilines is 3. The first-order valence-corrected chi connectivity index (χ1v) is 20.4. The Hall–Kier alpha value is -7.40. The SMILES string of the molecule is c1ccc(-c2cccc3c2oc2ccc(-c4ccc(N(c5ccc(-c6cccc7c6sc6ccccc67)cc5)c5ccc6c(c5)oc5ccccc56)cc4)cc23)cc1. The number of hydrogen-bond acceptors (Lipinski definition) is 4. The fourth-order valence-corrected chi connectivity index (χ4v) is 9.93. The summed E-state index contributed by atoms with van der Waals surface area (Å²) in [5.74, 6) is 0. The van der Waals surface area contributed by atoms with Crippen LogP contribution >= 0.6 is 11.3 Å².